The average molecular weight is 304 g/mol. The van der Waals surface area contributed by atoms with Gasteiger partial charge in [-0.05, 0) is 0 Å². The minimum Gasteiger partial charge on any atom is -0.273 e. The Labute approximate surface area is 121 Å². The highest BCUT2D eigenvalue weighted by Crippen LogP contribution is 2.03. The van der Waals surface area contributed by atoms with Crippen LogP contribution in [-0.4, -0.2) is 27.9 Å². The van der Waals surface area contributed by atoms with Crippen LogP contribution in [0.25, 0.3) is 0 Å². The zero-order valence-corrected chi connectivity index (χ0v) is 12.9. The highest BCUT2D eigenvalue weighted by molar-refractivity contribution is 7.83. The molecule has 8 heteroatoms. The van der Waals surface area contributed by atoms with Gasteiger partial charge in [0.2, 0.25) is 0 Å². The summed E-state index contributed by atoms with van der Waals surface area (Å²) in [6.07, 6.45) is 10.9. The molecule has 1 aromatic heterocycles. The second-order valence-electron chi connectivity index (χ2n) is 4.26. The van der Waals surface area contributed by atoms with Gasteiger partial charge in [0.05, 0.1) is 6.54 Å². The molecule has 0 fully saturated rings. The Hall–Kier alpha value is -1.12. The van der Waals surface area contributed by atoms with Crippen LogP contribution in [-0.2, 0) is 16.8 Å². The van der Waals surface area contributed by atoms with E-state index in [0.717, 1.165) is 0 Å². The molecular formula is C12H24N4O3S. The highest BCUT2D eigenvalue weighted by atomic mass is 32.2. The quantitative estimate of drug-likeness (QED) is 0.563. The molecule has 0 aromatic carbocycles. The molecule has 7 nitrogen and oxygen atoms in total. The summed E-state index contributed by atoms with van der Waals surface area (Å²) in [6.45, 7) is 4.36. The summed E-state index contributed by atoms with van der Waals surface area (Å²) in [5.74, 6) is 0.239. The van der Waals surface area contributed by atoms with Gasteiger partial charge < -0.3 is 0 Å². The molecule has 116 valence electrons. The number of unbranched alkanes of at least 4 members (excludes halogenated alkanes) is 5. The van der Waals surface area contributed by atoms with Crippen molar-refractivity contribution in [1.82, 2.24) is 19.7 Å². The molecule has 0 aliphatic carbocycles. The zero-order valence-electron chi connectivity index (χ0n) is 12.1. The van der Waals surface area contributed by atoms with Crippen LogP contribution in [0.15, 0.2) is 12.7 Å². The molecule has 0 radical (unpaired) electrons. The second-order valence-corrected chi connectivity index (χ2v) is 5.50. The Morgan fingerprint density at radius 2 is 1.55 bits per heavy atom. The molecule has 0 spiro atoms. The van der Waals surface area contributed by atoms with Crippen LogP contribution in [0.5, 0.6) is 0 Å². The maximum atomic E-state index is 10.2. The van der Waals surface area contributed by atoms with E-state index in [-0.39, 0.29) is 12.4 Å². The summed E-state index contributed by atoms with van der Waals surface area (Å²) in [6, 6.07) is 0. The maximum absolute atomic E-state index is 10.2. The first-order valence-electron chi connectivity index (χ1n) is 6.82. The SMILES string of the molecule is CCCCCCCC.O=S(=O)(O)NCc1ncncn1. The number of hydrogen-bond donors (Lipinski definition) is 2. The van der Waals surface area contributed by atoms with Crippen molar-refractivity contribution in [2.75, 3.05) is 0 Å². The van der Waals surface area contributed by atoms with Crippen molar-refractivity contribution in [3.63, 3.8) is 0 Å². The molecule has 20 heavy (non-hydrogen) atoms. The van der Waals surface area contributed by atoms with E-state index in [1.807, 2.05) is 4.72 Å². The number of nitrogens with one attached hydrogen (secondary N) is 1. The van der Waals surface area contributed by atoms with Gasteiger partial charge in [0.1, 0.15) is 18.5 Å². The Balaban J connectivity index is 0.000000396. The van der Waals surface area contributed by atoms with Gasteiger partial charge in [-0.25, -0.2) is 15.0 Å². The minimum atomic E-state index is -4.17. The van der Waals surface area contributed by atoms with Crippen molar-refractivity contribution < 1.29 is 13.0 Å². The molecule has 1 rings (SSSR count). The summed E-state index contributed by atoms with van der Waals surface area (Å²) < 4.78 is 30.4. The summed E-state index contributed by atoms with van der Waals surface area (Å²) >= 11 is 0. The first-order chi connectivity index (χ1) is 9.49. The van der Waals surface area contributed by atoms with Gasteiger partial charge in [-0.3, -0.25) is 4.55 Å². The summed E-state index contributed by atoms with van der Waals surface area (Å²) in [4.78, 5) is 10.8. The Morgan fingerprint density at radius 3 is 1.95 bits per heavy atom. The van der Waals surface area contributed by atoms with E-state index >= 15 is 0 Å². The van der Waals surface area contributed by atoms with E-state index in [1.54, 1.807) is 0 Å². The average Bonchev–Trinajstić information content (AvgIpc) is 2.43. The summed E-state index contributed by atoms with van der Waals surface area (Å²) in [5.41, 5.74) is 0. The topological polar surface area (TPSA) is 105 Å². The van der Waals surface area contributed by atoms with E-state index in [2.05, 4.69) is 28.8 Å². The lowest BCUT2D eigenvalue weighted by molar-refractivity contribution is 0.466. The summed E-state index contributed by atoms with van der Waals surface area (Å²) in [7, 11) is -4.17. The van der Waals surface area contributed by atoms with Gasteiger partial charge >= 0.3 is 10.3 Å². The summed E-state index contributed by atoms with van der Waals surface area (Å²) in [5, 5.41) is 0. The van der Waals surface area contributed by atoms with E-state index in [1.165, 1.54) is 51.2 Å². The predicted molar refractivity (Wildman–Crippen MR) is 77.3 cm³/mol. The van der Waals surface area contributed by atoms with E-state index in [0.29, 0.717) is 0 Å². The lowest BCUT2D eigenvalue weighted by Crippen LogP contribution is -2.22. The van der Waals surface area contributed by atoms with Crippen LogP contribution in [0.3, 0.4) is 0 Å². The fourth-order valence-electron chi connectivity index (χ4n) is 1.36. The second kappa shape index (κ2) is 11.7. The third-order valence-corrected chi connectivity index (χ3v) is 2.93. The third-order valence-electron chi connectivity index (χ3n) is 2.42. The number of hydrogen-bond acceptors (Lipinski definition) is 5. The van der Waals surface area contributed by atoms with Crippen LogP contribution >= 0.6 is 0 Å². The van der Waals surface area contributed by atoms with Crippen LogP contribution < -0.4 is 4.72 Å². The molecule has 0 unspecified atom stereocenters. The standard InChI is InChI=1S/C8H18.C4H6N4O3S/c1-3-5-7-8-6-4-2;9-12(10,11)8-1-4-6-2-5-3-7-4/h3-8H2,1-2H3;2-3,8H,1H2,(H,9,10,11). The molecule has 0 amide bonds. The molecule has 0 bridgehead atoms. The lowest BCUT2D eigenvalue weighted by atomic mass is 10.1. The van der Waals surface area contributed by atoms with Gasteiger partial charge in [-0.1, -0.05) is 52.4 Å². The molecule has 0 saturated carbocycles. The minimum absolute atomic E-state index is 0.151. The number of rotatable bonds is 8. The van der Waals surface area contributed by atoms with Crippen molar-refractivity contribution in [1.29, 1.82) is 0 Å². The van der Waals surface area contributed by atoms with Crippen molar-refractivity contribution in [3.05, 3.63) is 18.5 Å². The van der Waals surface area contributed by atoms with Crippen molar-refractivity contribution in [3.8, 4) is 0 Å². The van der Waals surface area contributed by atoms with E-state index < -0.39 is 10.3 Å². The number of nitrogens with zero attached hydrogens (tertiary/aromatic N) is 3. The van der Waals surface area contributed by atoms with Crippen molar-refractivity contribution in [2.24, 2.45) is 0 Å². The van der Waals surface area contributed by atoms with Gasteiger partial charge in [0, 0.05) is 0 Å². The Kier molecular flexibility index (Phi) is 11.0. The smallest absolute Gasteiger partial charge is 0.273 e. The first kappa shape index (κ1) is 18.9. The molecular weight excluding hydrogens is 280 g/mol. The molecule has 2 N–H and O–H groups in total. The van der Waals surface area contributed by atoms with Crippen LogP contribution in [0.2, 0.25) is 0 Å². The Bertz CT molecular complexity index is 420. The van der Waals surface area contributed by atoms with Gasteiger partial charge in [0.25, 0.3) is 0 Å². The highest BCUT2D eigenvalue weighted by Gasteiger charge is 2.03. The van der Waals surface area contributed by atoms with E-state index in [9.17, 15) is 8.42 Å². The van der Waals surface area contributed by atoms with E-state index in [4.69, 9.17) is 4.55 Å². The molecule has 0 saturated heterocycles. The van der Waals surface area contributed by atoms with Gasteiger partial charge in [0.15, 0.2) is 0 Å². The monoisotopic (exact) mass is 304 g/mol. The number of aromatic nitrogens is 3. The molecule has 0 aliphatic heterocycles. The van der Waals surface area contributed by atoms with Crippen molar-refractivity contribution >= 4 is 10.3 Å². The van der Waals surface area contributed by atoms with Crippen LogP contribution in [0, 0.1) is 0 Å². The normalized spacial score (nSPS) is 10.8. The van der Waals surface area contributed by atoms with Crippen LogP contribution in [0.4, 0.5) is 0 Å². The fourth-order valence-corrected chi connectivity index (χ4v) is 1.68. The molecule has 0 atom stereocenters. The molecule has 1 aromatic rings. The van der Waals surface area contributed by atoms with Gasteiger partial charge in [-0.15, -0.1) is 0 Å². The van der Waals surface area contributed by atoms with Gasteiger partial charge in [-0.2, -0.15) is 13.1 Å². The first-order valence-corrected chi connectivity index (χ1v) is 8.26. The van der Waals surface area contributed by atoms with Crippen molar-refractivity contribution in [2.45, 2.75) is 58.9 Å². The predicted octanol–water partition coefficient (Wildman–Crippen LogP) is 2.13. The maximum Gasteiger partial charge on any atom is 0.333 e. The van der Waals surface area contributed by atoms with Crippen LogP contribution in [0.1, 0.15) is 58.2 Å². The Morgan fingerprint density at radius 1 is 1.05 bits per heavy atom. The lowest BCUT2D eigenvalue weighted by Gasteiger charge is -1.97. The largest absolute Gasteiger partial charge is 0.333 e. The zero-order chi connectivity index (χ0) is 15.3. The fraction of sp³-hybridized carbons (Fsp3) is 0.750. The third kappa shape index (κ3) is 13.3. The molecule has 1 heterocycles. The molecule has 0 aliphatic rings.